The Balaban J connectivity index is 1.99. The fraction of sp³-hybridized carbons (Fsp3) is 0.478. The number of hydrogen-bond acceptors (Lipinski definition) is 4. The summed E-state index contributed by atoms with van der Waals surface area (Å²) in [5.74, 6) is 0. The van der Waals surface area contributed by atoms with Gasteiger partial charge in [0.2, 0.25) is 0 Å². The lowest BCUT2D eigenvalue weighted by Crippen LogP contribution is -2.20. The molecule has 0 bridgehead atoms. The van der Waals surface area contributed by atoms with Crippen molar-refractivity contribution in [2.45, 2.75) is 63.5 Å². The third-order valence-electron chi connectivity index (χ3n) is 5.18. The van der Waals surface area contributed by atoms with E-state index in [-0.39, 0.29) is 10.8 Å². The maximum Gasteiger partial charge on any atom is 0.0838 e. The largest absolute Gasteiger partial charge is 0.388 e. The molecule has 0 amide bonds. The van der Waals surface area contributed by atoms with Crippen LogP contribution in [0.4, 0.5) is 11.4 Å². The van der Waals surface area contributed by atoms with E-state index < -0.39 is 12.2 Å². The first-order valence-corrected chi connectivity index (χ1v) is 10.3. The van der Waals surface area contributed by atoms with E-state index >= 15 is 0 Å². The number of rotatable bonds is 2. The average Bonchev–Trinajstić information content (AvgIpc) is 2.58. The Kier molecular flexibility index (Phi) is 5.13. The summed E-state index contributed by atoms with van der Waals surface area (Å²) < 4.78 is 0. The van der Waals surface area contributed by atoms with Crippen molar-refractivity contribution in [2.24, 2.45) is 10.8 Å². The molecular formula is C23H31NO2S. The van der Waals surface area contributed by atoms with Gasteiger partial charge in [-0.2, -0.15) is 0 Å². The van der Waals surface area contributed by atoms with Gasteiger partial charge in [0.15, 0.2) is 0 Å². The highest BCUT2D eigenvalue weighted by molar-refractivity contribution is 7.99. The van der Waals surface area contributed by atoms with Crippen molar-refractivity contribution >= 4 is 23.1 Å². The Labute approximate surface area is 167 Å². The van der Waals surface area contributed by atoms with Crippen LogP contribution in [0.15, 0.2) is 46.2 Å². The molecule has 4 heteroatoms. The van der Waals surface area contributed by atoms with Crippen LogP contribution in [-0.4, -0.2) is 17.3 Å². The number of nitrogens with zero attached hydrogens (tertiary/aromatic N) is 1. The second-order valence-electron chi connectivity index (χ2n) is 9.65. The smallest absolute Gasteiger partial charge is 0.0838 e. The Morgan fingerprint density at radius 1 is 0.741 bits per heavy atom. The molecule has 2 aromatic rings. The standard InChI is InChI=1S/C23H31NO2S/c1-22(2,3)20(25)14-8-10-16-18(12-14)27-19-13-15(21(26)23(4,5)6)9-11-17(19)24(16)7/h8-13,20-21,25-26H,1-7H3. The lowest BCUT2D eigenvalue weighted by molar-refractivity contribution is 0.0625. The molecule has 2 unspecified atom stereocenters. The Morgan fingerprint density at radius 2 is 1.11 bits per heavy atom. The molecule has 1 aliphatic heterocycles. The Hall–Kier alpha value is -1.49. The van der Waals surface area contributed by atoms with E-state index in [1.807, 2.05) is 53.7 Å². The van der Waals surface area contributed by atoms with Gasteiger partial charge in [0.1, 0.15) is 0 Å². The van der Waals surface area contributed by atoms with Gasteiger partial charge in [-0.25, -0.2) is 0 Å². The molecule has 2 atom stereocenters. The number of fused-ring (bicyclic) bond motifs is 2. The monoisotopic (exact) mass is 385 g/mol. The van der Waals surface area contributed by atoms with E-state index in [4.69, 9.17) is 0 Å². The van der Waals surface area contributed by atoms with Crippen LogP contribution in [0.5, 0.6) is 0 Å². The van der Waals surface area contributed by atoms with E-state index in [1.165, 1.54) is 0 Å². The molecule has 2 aromatic carbocycles. The topological polar surface area (TPSA) is 43.7 Å². The molecule has 0 saturated heterocycles. The van der Waals surface area contributed by atoms with Gasteiger partial charge in [0.25, 0.3) is 0 Å². The van der Waals surface area contributed by atoms with Gasteiger partial charge in [0, 0.05) is 16.8 Å². The van der Waals surface area contributed by atoms with Crippen molar-refractivity contribution in [3.8, 4) is 0 Å². The van der Waals surface area contributed by atoms with Crippen molar-refractivity contribution in [3.05, 3.63) is 47.5 Å². The van der Waals surface area contributed by atoms with Crippen molar-refractivity contribution in [1.29, 1.82) is 0 Å². The SMILES string of the molecule is CN1c2ccc(C(O)C(C)(C)C)cc2Sc2cc(C(O)C(C)(C)C)ccc21. The van der Waals surface area contributed by atoms with Crippen molar-refractivity contribution in [2.75, 3.05) is 11.9 Å². The van der Waals surface area contributed by atoms with Gasteiger partial charge in [0.05, 0.1) is 23.6 Å². The van der Waals surface area contributed by atoms with E-state index in [0.29, 0.717) is 0 Å². The van der Waals surface area contributed by atoms with Gasteiger partial charge in [-0.1, -0.05) is 65.4 Å². The summed E-state index contributed by atoms with van der Waals surface area (Å²) in [6.45, 7) is 12.3. The van der Waals surface area contributed by atoms with E-state index in [9.17, 15) is 10.2 Å². The zero-order valence-electron chi connectivity index (χ0n) is 17.4. The van der Waals surface area contributed by atoms with Gasteiger partial charge in [-0.05, 0) is 46.2 Å². The van der Waals surface area contributed by atoms with Crippen LogP contribution in [-0.2, 0) is 0 Å². The molecule has 0 saturated carbocycles. The maximum absolute atomic E-state index is 10.7. The third-order valence-corrected chi connectivity index (χ3v) is 6.28. The minimum atomic E-state index is -0.510. The van der Waals surface area contributed by atoms with Crippen LogP contribution in [0.3, 0.4) is 0 Å². The molecule has 0 fully saturated rings. The fourth-order valence-electron chi connectivity index (χ4n) is 3.37. The highest BCUT2D eigenvalue weighted by Crippen LogP contribution is 2.50. The third kappa shape index (κ3) is 3.89. The lowest BCUT2D eigenvalue weighted by atomic mass is 9.84. The lowest BCUT2D eigenvalue weighted by Gasteiger charge is -2.33. The molecule has 0 aromatic heterocycles. The van der Waals surface area contributed by atoms with Crippen LogP contribution in [0.25, 0.3) is 0 Å². The zero-order valence-corrected chi connectivity index (χ0v) is 18.2. The van der Waals surface area contributed by atoms with E-state index in [1.54, 1.807) is 11.8 Å². The average molecular weight is 386 g/mol. The molecule has 1 aliphatic rings. The van der Waals surface area contributed by atoms with Crippen molar-refractivity contribution in [3.63, 3.8) is 0 Å². The van der Waals surface area contributed by atoms with Crippen LogP contribution in [0.1, 0.15) is 64.9 Å². The minimum Gasteiger partial charge on any atom is -0.388 e. The van der Waals surface area contributed by atoms with Crippen molar-refractivity contribution in [1.82, 2.24) is 0 Å². The van der Waals surface area contributed by atoms with Crippen LogP contribution < -0.4 is 4.90 Å². The molecule has 0 aliphatic carbocycles. The van der Waals surface area contributed by atoms with Crippen molar-refractivity contribution < 1.29 is 10.2 Å². The summed E-state index contributed by atoms with van der Waals surface area (Å²) in [4.78, 5) is 4.45. The van der Waals surface area contributed by atoms with E-state index in [2.05, 4.69) is 36.2 Å². The number of anilines is 2. The van der Waals surface area contributed by atoms with Gasteiger partial charge in [-0.15, -0.1) is 0 Å². The Bertz CT molecular complexity index is 779. The molecule has 3 nitrogen and oxygen atoms in total. The predicted molar refractivity (Wildman–Crippen MR) is 114 cm³/mol. The zero-order chi connectivity index (χ0) is 20.1. The highest BCUT2D eigenvalue weighted by Gasteiger charge is 2.29. The molecule has 0 spiro atoms. The number of aliphatic hydroxyl groups is 2. The normalized spacial score (nSPS) is 16.6. The first kappa shape index (κ1) is 20.2. The number of aliphatic hydroxyl groups excluding tert-OH is 2. The Morgan fingerprint density at radius 3 is 1.44 bits per heavy atom. The molecule has 1 heterocycles. The summed E-state index contributed by atoms with van der Waals surface area (Å²) in [5, 5.41) is 21.3. The van der Waals surface area contributed by atoms with Crippen LogP contribution in [0, 0.1) is 10.8 Å². The predicted octanol–water partition coefficient (Wildman–Crippen LogP) is 6.08. The summed E-state index contributed by atoms with van der Waals surface area (Å²) in [5.41, 5.74) is 3.75. The van der Waals surface area contributed by atoms with Gasteiger partial charge in [-0.3, -0.25) is 0 Å². The summed E-state index contributed by atoms with van der Waals surface area (Å²) >= 11 is 1.71. The molecule has 2 N–H and O–H groups in total. The second kappa shape index (κ2) is 6.84. The number of benzene rings is 2. The first-order valence-electron chi connectivity index (χ1n) is 9.45. The number of hydrogen-bond donors (Lipinski definition) is 2. The molecule has 3 rings (SSSR count). The van der Waals surface area contributed by atoms with Gasteiger partial charge >= 0.3 is 0 Å². The second-order valence-corrected chi connectivity index (χ2v) is 10.7. The van der Waals surface area contributed by atoms with Gasteiger partial charge < -0.3 is 15.1 Å². The quantitative estimate of drug-likeness (QED) is 0.658. The molecule has 146 valence electrons. The van der Waals surface area contributed by atoms with Crippen LogP contribution in [0.2, 0.25) is 0 Å². The summed E-state index contributed by atoms with van der Waals surface area (Å²) in [7, 11) is 2.07. The maximum atomic E-state index is 10.7. The minimum absolute atomic E-state index is 0.207. The molecular weight excluding hydrogens is 354 g/mol. The fourth-order valence-corrected chi connectivity index (χ4v) is 4.61. The summed E-state index contributed by atoms with van der Waals surface area (Å²) in [6.07, 6.45) is -1.02. The highest BCUT2D eigenvalue weighted by atomic mass is 32.2. The first-order chi connectivity index (χ1) is 12.4. The molecule has 0 radical (unpaired) electrons. The summed E-state index contributed by atoms with van der Waals surface area (Å²) in [6, 6.07) is 12.4. The molecule has 27 heavy (non-hydrogen) atoms. The van der Waals surface area contributed by atoms with Crippen LogP contribution >= 0.6 is 11.8 Å². The van der Waals surface area contributed by atoms with E-state index in [0.717, 1.165) is 32.3 Å².